The molecule has 0 fully saturated rings. The average Bonchev–Trinajstić information content (AvgIpc) is 2.86. The summed E-state index contributed by atoms with van der Waals surface area (Å²) in [6.07, 6.45) is 4.30. The number of unbranched alkanes of at least 4 members (excludes halogenated alkanes) is 4. The Morgan fingerprint density at radius 3 is 2.17 bits per heavy atom. The Kier molecular flexibility index (Phi) is 15.9. The number of carbonyl (C=O) groups excluding carboxylic acids is 4. The molecule has 0 radical (unpaired) electrons. The third-order valence-electron chi connectivity index (χ3n) is 6.18. The number of nitrogens with one attached hydrogen (secondary N) is 2. The lowest BCUT2D eigenvalue weighted by molar-refractivity contribution is -0.144. The first-order valence-corrected chi connectivity index (χ1v) is 14.8. The van der Waals surface area contributed by atoms with E-state index in [4.69, 9.17) is 9.47 Å². The smallest absolute Gasteiger partial charge is 0.408 e. The third kappa shape index (κ3) is 14.2. The van der Waals surface area contributed by atoms with Crippen LogP contribution >= 0.6 is 0 Å². The van der Waals surface area contributed by atoms with Gasteiger partial charge in [-0.15, -0.1) is 0 Å². The molecule has 232 valence electrons. The highest BCUT2D eigenvalue weighted by Crippen LogP contribution is 2.26. The number of carbonyl (C=O) groups is 4. The fraction of sp³-hybridized carbons (Fsp3) is 0.677. The lowest BCUT2D eigenvalue weighted by Gasteiger charge is -2.35. The lowest BCUT2D eigenvalue weighted by Crippen LogP contribution is -2.53. The summed E-state index contributed by atoms with van der Waals surface area (Å²) < 4.78 is 10.4. The molecule has 3 amide bonds. The van der Waals surface area contributed by atoms with E-state index in [2.05, 4.69) is 17.6 Å². The molecule has 0 aliphatic rings. The zero-order chi connectivity index (χ0) is 31.0. The number of rotatable bonds is 17. The van der Waals surface area contributed by atoms with Gasteiger partial charge in [0, 0.05) is 13.1 Å². The van der Waals surface area contributed by atoms with Crippen molar-refractivity contribution in [3.05, 3.63) is 29.8 Å². The number of alkyl carbamates (subject to hydrolysis) is 1. The Morgan fingerprint density at radius 2 is 1.61 bits per heavy atom. The average molecular weight is 578 g/mol. The van der Waals surface area contributed by atoms with Crippen molar-refractivity contribution >= 4 is 23.9 Å². The predicted octanol–water partition coefficient (Wildman–Crippen LogP) is 5.24. The van der Waals surface area contributed by atoms with Crippen LogP contribution in [0.1, 0.15) is 105 Å². The van der Waals surface area contributed by atoms with E-state index >= 15 is 0 Å². The molecule has 2 atom stereocenters. The molecule has 0 bridgehead atoms. The molecule has 10 nitrogen and oxygen atoms in total. The summed E-state index contributed by atoms with van der Waals surface area (Å²) in [6, 6.07) is 4.15. The molecular formula is C31H51N3O7. The second-order valence-corrected chi connectivity index (χ2v) is 11.6. The molecule has 0 aliphatic carbocycles. The molecule has 0 heterocycles. The Hall–Kier alpha value is -3.30. The predicted molar refractivity (Wildman–Crippen MR) is 158 cm³/mol. The van der Waals surface area contributed by atoms with Crippen molar-refractivity contribution in [3.8, 4) is 5.75 Å². The van der Waals surface area contributed by atoms with Gasteiger partial charge in [-0.2, -0.15) is 0 Å². The van der Waals surface area contributed by atoms with Gasteiger partial charge in [0.25, 0.3) is 0 Å². The van der Waals surface area contributed by atoms with Crippen LogP contribution in [0, 0.1) is 5.92 Å². The van der Waals surface area contributed by atoms with Gasteiger partial charge >= 0.3 is 12.1 Å². The van der Waals surface area contributed by atoms with Crippen molar-refractivity contribution in [1.29, 1.82) is 0 Å². The fourth-order valence-corrected chi connectivity index (χ4v) is 4.34. The summed E-state index contributed by atoms with van der Waals surface area (Å²) in [6.45, 7) is 13.5. The minimum atomic E-state index is -1.05. The number of ether oxygens (including phenoxy) is 2. The number of aromatic hydroxyl groups is 1. The van der Waals surface area contributed by atoms with E-state index in [-0.39, 0.29) is 37.8 Å². The van der Waals surface area contributed by atoms with E-state index in [1.165, 1.54) is 17.0 Å². The highest BCUT2D eigenvalue weighted by atomic mass is 16.6. The molecule has 0 saturated heterocycles. The van der Waals surface area contributed by atoms with Crippen LogP contribution in [-0.4, -0.2) is 65.2 Å². The van der Waals surface area contributed by atoms with Crippen LogP contribution in [0.4, 0.5) is 4.79 Å². The summed E-state index contributed by atoms with van der Waals surface area (Å²) >= 11 is 0. The van der Waals surface area contributed by atoms with Gasteiger partial charge in [0.05, 0.1) is 13.0 Å². The van der Waals surface area contributed by atoms with Crippen LogP contribution in [-0.2, 0) is 23.9 Å². The van der Waals surface area contributed by atoms with Gasteiger partial charge < -0.3 is 30.1 Å². The number of amides is 3. The topological polar surface area (TPSA) is 134 Å². The number of phenolic OH excluding ortho intramolecular Hbond substituents is 1. The molecule has 3 N–H and O–H groups in total. The SMILES string of the molecule is CCCCCCCN(C(=O)C(CC(C)C)NC(=O)OC(C)(C)C)C(C(=O)NCCC(=O)OCC)c1ccc(O)cc1. The number of phenols is 1. The largest absolute Gasteiger partial charge is 0.508 e. The van der Waals surface area contributed by atoms with Gasteiger partial charge in [-0.25, -0.2) is 4.79 Å². The van der Waals surface area contributed by atoms with Gasteiger partial charge in [0.15, 0.2) is 0 Å². The Labute approximate surface area is 245 Å². The highest BCUT2D eigenvalue weighted by Gasteiger charge is 2.36. The van der Waals surface area contributed by atoms with E-state index in [1.807, 2.05) is 13.8 Å². The van der Waals surface area contributed by atoms with Crippen molar-refractivity contribution in [2.75, 3.05) is 19.7 Å². The molecule has 1 rings (SSSR count). The maximum absolute atomic E-state index is 14.2. The van der Waals surface area contributed by atoms with E-state index in [9.17, 15) is 24.3 Å². The minimum Gasteiger partial charge on any atom is -0.508 e. The zero-order valence-corrected chi connectivity index (χ0v) is 26.0. The summed E-state index contributed by atoms with van der Waals surface area (Å²) in [5, 5.41) is 15.4. The molecular weight excluding hydrogens is 526 g/mol. The molecule has 41 heavy (non-hydrogen) atoms. The Morgan fingerprint density at radius 1 is 0.976 bits per heavy atom. The van der Waals surface area contributed by atoms with Crippen molar-refractivity contribution in [1.82, 2.24) is 15.5 Å². The molecule has 0 aliphatic heterocycles. The molecule has 10 heteroatoms. The van der Waals surface area contributed by atoms with E-state index in [0.717, 1.165) is 25.7 Å². The van der Waals surface area contributed by atoms with Crippen molar-refractivity contribution in [2.45, 2.75) is 111 Å². The summed E-state index contributed by atoms with van der Waals surface area (Å²) in [7, 11) is 0. The van der Waals surface area contributed by atoms with E-state index in [1.54, 1.807) is 39.8 Å². The summed E-state index contributed by atoms with van der Waals surface area (Å²) in [5.74, 6) is -1.22. The summed E-state index contributed by atoms with van der Waals surface area (Å²) in [4.78, 5) is 54.0. The zero-order valence-electron chi connectivity index (χ0n) is 26.0. The molecule has 2 unspecified atom stereocenters. The molecule has 1 aromatic carbocycles. The second kappa shape index (κ2) is 18.2. The van der Waals surface area contributed by atoms with Gasteiger partial charge in [0.1, 0.15) is 23.4 Å². The Balaban J connectivity index is 3.41. The first-order valence-electron chi connectivity index (χ1n) is 14.8. The molecule has 1 aromatic rings. The van der Waals surface area contributed by atoms with Gasteiger partial charge in [-0.3, -0.25) is 14.4 Å². The highest BCUT2D eigenvalue weighted by molar-refractivity contribution is 5.92. The number of hydrogen-bond donors (Lipinski definition) is 3. The lowest BCUT2D eigenvalue weighted by atomic mass is 9.98. The van der Waals surface area contributed by atoms with Crippen LogP contribution in [0.25, 0.3) is 0 Å². The quantitative estimate of drug-likeness (QED) is 0.170. The molecule has 0 saturated carbocycles. The number of benzene rings is 1. The van der Waals surface area contributed by atoms with Gasteiger partial charge in [0.2, 0.25) is 11.8 Å². The van der Waals surface area contributed by atoms with Crippen LogP contribution in [0.3, 0.4) is 0 Å². The maximum Gasteiger partial charge on any atom is 0.408 e. The second-order valence-electron chi connectivity index (χ2n) is 11.6. The van der Waals surface area contributed by atoms with Crippen LogP contribution in [0.15, 0.2) is 24.3 Å². The van der Waals surface area contributed by atoms with E-state index < -0.39 is 41.6 Å². The minimum absolute atomic E-state index is 0.0109. The van der Waals surface area contributed by atoms with Crippen molar-refractivity contribution < 1.29 is 33.8 Å². The molecule has 0 spiro atoms. The normalized spacial score (nSPS) is 12.8. The first-order chi connectivity index (χ1) is 19.3. The van der Waals surface area contributed by atoms with Gasteiger partial charge in [-0.05, 0) is 64.2 Å². The van der Waals surface area contributed by atoms with Gasteiger partial charge in [-0.1, -0.05) is 58.6 Å². The maximum atomic E-state index is 14.2. The van der Waals surface area contributed by atoms with Crippen LogP contribution < -0.4 is 10.6 Å². The van der Waals surface area contributed by atoms with E-state index in [0.29, 0.717) is 18.4 Å². The van der Waals surface area contributed by atoms with Crippen LogP contribution in [0.2, 0.25) is 0 Å². The van der Waals surface area contributed by atoms with Crippen molar-refractivity contribution in [2.24, 2.45) is 5.92 Å². The Bertz CT molecular complexity index is 957. The monoisotopic (exact) mass is 577 g/mol. The standard InChI is InChI=1S/C31H51N3O7/c1-8-10-11-12-13-20-34(29(38)25(21-22(3)4)33-30(39)41-31(5,6)7)27(23-14-16-24(35)17-15-23)28(37)32-19-18-26(36)40-9-2/h14-17,22,25,27,35H,8-13,18-21H2,1-7H3,(H,32,37)(H,33,39). The first kappa shape index (κ1) is 35.7. The van der Waals surface area contributed by atoms with Crippen LogP contribution in [0.5, 0.6) is 5.75 Å². The fourth-order valence-electron chi connectivity index (χ4n) is 4.34. The number of hydrogen-bond acceptors (Lipinski definition) is 7. The summed E-state index contributed by atoms with van der Waals surface area (Å²) in [5.41, 5.74) is -0.249. The number of nitrogens with zero attached hydrogens (tertiary/aromatic N) is 1. The molecule has 0 aromatic heterocycles. The van der Waals surface area contributed by atoms with Crippen molar-refractivity contribution in [3.63, 3.8) is 0 Å². The third-order valence-corrected chi connectivity index (χ3v) is 6.18. The number of esters is 1.